The maximum atomic E-state index is 10.5. The number of phenolic OH excluding ortho intramolecular Hbond substituents is 1. The summed E-state index contributed by atoms with van der Waals surface area (Å²) in [6.07, 6.45) is 0. The Balaban J connectivity index is 1.55. The molecule has 5 rings (SSSR count). The van der Waals surface area contributed by atoms with Crippen LogP contribution in [0, 0.1) is 6.92 Å². The highest BCUT2D eigenvalue weighted by atomic mass is 16.5. The van der Waals surface area contributed by atoms with E-state index in [-0.39, 0.29) is 5.75 Å². The fraction of sp³-hybridized carbons (Fsp3) is 0.0833. The van der Waals surface area contributed by atoms with Crippen LogP contribution in [-0.4, -0.2) is 27.3 Å². The number of hydrogen-bond donors (Lipinski definition) is 2. The van der Waals surface area contributed by atoms with E-state index in [1.807, 2.05) is 60.7 Å². The molecule has 0 unspecified atom stereocenters. The molecule has 148 valence electrons. The third-order valence-electron chi connectivity index (χ3n) is 5.12. The molecule has 0 radical (unpaired) electrons. The Labute approximate surface area is 172 Å². The van der Waals surface area contributed by atoms with Crippen LogP contribution in [0.3, 0.4) is 0 Å². The second kappa shape index (κ2) is 7.08. The van der Waals surface area contributed by atoms with Gasteiger partial charge in [0.15, 0.2) is 0 Å². The summed E-state index contributed by atoms with van der Waals surface area (Å²) in [7, 11) is 1.65. The maximum absolute atomic E-state index is 10.5. The number of ether oxygens (including phenoxy) is 1. The van der Waals surface area contributed by atoms with E-state index in [2.05, 4.69) is 15.1 Å². The Morgan fingerprint density at radius 2 is 1.67 bits per heavy atom. The minimum Gasteiger partial charge on any atom is -0.507 e. The molecule has 30 heavy (non-hydrogen) atoms. The largest absolute Gasteiger partial charge is 0.507 e. The predicted molar refractivity (Wildman–Crippen MR) is 115 cm³/mol. The first kappa shape index (κ1) is 18.0. The molecular weight excluding hydrogens is 378 g/mol. The van der Waals surface area contributed by atoms with Gasteiger partial charge < -0.3 is 19.4 Å². The number of methoxy groups -OCH3 is 1. The van der Waals surface area contributed by atoms with Crippen LogP contribution in [0.5, 0.6) is 11.5 Å². The summed E-state index contributed by atoms with van der Waals surface area (Å²) >= 11 is 0. The third-order valence-corrected chi connectivity index (χ3v) is 5.12. The molecule has 6 nitrogen and oxygen atoms in total. The van der Waals surface area contributed by atoms with E-state index >= 15 is 0 Å². The average molecular weight is 397 g/mol. The Hall–Kier alpha value is -4.06. The Morgan fingerprint density at radius 3 is 2.40 bits per heavy atom. The summed E-state index contributed by atoms with van der Waals surface area (Å²) in [4.78, 5) is 7.68. The number of aromatic nitrogens is 3. The Kier molecular flexibility index (Phi) is 4.25. The fourth-order valence-electron chi connectivity index (χ4n) is 3.55. The number of hydrogen-bond acceptors (Lipinski definition) is 5. The summed E-state index contributed by atoms with van der Waals surface area (Å²) in [6.45, 7) is 1.77. The van der Waals surface area contributed by atoms with E-state index < -0.39 is 0 Å². The van der Waals surface area contributed by atoms with E-state index in [0.29, 0.717) is 11.7 Å². The first-order valence-corrected chi connectivity index (χ1v) is 9.52. The summed E-state index contributed by atoms with van der Waals surface area (Å²) in [5.41, 5.74) is 5.45. The number of rotatable bonds is 4. The second-order valence-electron chi connectivity index (χ2n) is 7.08. The van der Waals surface area contributed by atoms with Crippen LogP contribution in [-0.2, 0) is 0 Å². The minimum absolute atomic E-state index is 0.216. The minimum atomic E-state index is 0.216. The molecule has 0 fully saturated rings. The van der Waals surface area contributed by atoms with E-state index in [1.54, 1.807) is 20.1 Å². The lowest BCUT2D eigenvalue weighted by atomic mass is 10.0. The number of benzene rings is 3. The normalized spacial score (nSPS) is 11.1. The number of H-pyrrole nitrogens is 1. The van der Waals surface area contributed by atoms with Crippen molar-refractivity contribution in [2.24, 2.45) is 0 Å². The molecule has 0 amide bonds. The lowest BCUT2D eigenvalue weighted by Crippen LogP contribution is -1.85. The quantitative estimate of drug-likeness (QED) is 0.414. The van der Waals surface area contributed by atoms with E-state index in [1.165, 1.54) is 0 Å². The van der Waals surface area contributed by atoms with Gasteiger partial charge in [-0.2, -0.15) is 4.98 Å². The molecule has 0 aliphatic heterocycles. The van der Waals surface area contributed by atoms with Gasteiger partial charge in [0.2, 0.25) is 11.7 Å². The number of fused-ring (bicyclic) bond motifs is 1. The molecule has 0 bridgehead atoms. The number of phenols is 1. The molecule has 2 heterocycles. The van der Waals surface area contributed by atoms with Crippen molar-refractivity contribution in [2.45, 2.75) is 6.92 Å². The van der Waals surface area contributed by atoms with Gasteiger partial charge in [-0.1, -0.05) is 23.4 Å². The topological polar surface area (TPSA) is 84.2 Å². The molecule has 0 aliphatic carbocycles. The highest BCUT2D eigenvalue weighted by Crippen LogP contribution is 2.35. The highest BCUT2D eigenvalue weighted by Gasteiger charge is 2.12. The smallest absolute Gasteiger partial charge is 0.223 e. The number of nitrogens with zero attached hydrogens (tertiary/aromatic N) is 2. The fourth-order valence-corrected chi connectivity index (χ4v) is 3.55. The molecule has 0 spiro atoms. The Morgan fingerprint density at radius 1 is 0.900 bits per heavy atom. The first-order valence-electron chi connectivity index (χ1n) is 9.52. The zero-order valence-corrected chi connectivity index (χ0v) is 16.5. The number of nitrogens with one attached hydrogen (secondary N) is 1. The standard InChI is InChI=1S/C24H19N3O3/c1-14-25-24(27-30-14)17-5-9-21-18(11-17)13-22(26-21)20-12-16(6-10-23(20)28)15-3-7-19(29-2)8-4-15/h3-13,26,28H,1-2H3. The van der Waals surface area contributed by atoms with Crippen molar-refractivity contribution in [3.05, 3.63) is 72.6 Å². The molecule has 3 aromatic carbocycles. The van der Waals surface area contributed by atoms with E-state index in [9.17, 15) is 5.11 Å². The van der Waals surface area contributed by atoms with Crippen molar-refractivity contribution in [2.75, 3.05) is 7.11 Å². The van der Waals surface area contributed by atoms with Crippen LogP contribution >= 0.6 is 0 Å². The van der Waals surface area contributed by atoms with Crippen LogP contribution in [0.4, 0.5) is 0 Å². The number of aromatic hydroxyl groups is 1. The van der Waals surface area contributed by atoms with Crippen LogP contribution in [0.2, 0.25) is 0 Å². The van der Waals surface area contributed by atoms with Gasteiger partial charge >= 0.3 is 0 Å². The van der Waals surface area contributed by atoms with Crippen LogP contribution in [0.15, 0.2) is 71.3 Å². The summed E-state index contributed by atoms with van der Waals surface area (Å²) < 4.78 is 10.3. The third kappa shape index (κ3) is 3.18. The van der Waals surface area contributed by atoms with Crippen LogP contribution in [0.1, 0.15) is 5.89 Å². The lowest BCUT2D eigenvalue weighted by Gasteiger charge is -2.08. The Bertz CT molecular complexity index is 1350. The molecule has 0 atom stereocenters. The van der Waals surface area contributed by atoms with Gasteiger partial charge in [-0.05, 0) is 59.7 Å². The highest BCUT2D eigenvalue weighted by molar-refractivity contribution is 5.90. The SMILES string of the molecule is COc1ccc(-c2ccc(O)c(-c3cc4cc(-c5noc(C)n5)ccc4[nH]3)c2)cc1. The monoisotopic (exact) mass is 397 g/mol. The maximum Gasteiger partial charge on any atom is 0.223 e. The molecule has 0 saturated heterocycles. The van der Waals surface area contributed by atoms with Crippen molar-refractivity contribution >= 4 is 10.9 Å². The summed E-state index contributed by atoms with van der Waals surface area (Å²) in [5, 5.41) is 15.5. The van der Waals surface area contributed by atoms with Crippen molar-refractivity contribution in [3.8, 4) is 45.3 Å². The van der Waals surface area contributed by atoms with Gasteiger partial charge in [-0.3, -0.25) is 0 Å². The van der Waals surface area contributed by atoms with E-state index in [0.717, 1.165) is 44.6 Å². The predicted octanol–water partition coefficient (Wildman–Crippen LogP) is 5.57. The van der Waals surface area contributed by atoms with Crippen molar-refractivity contribution < 1.29 is 14.4 Å². The number of aromatic amines is 1. The lowest BCUT2D eigenvalue weighted by molar-refractivity contribution is 0.394. The van der Waals surface area contributed by atoms with Crippen LogP contribution < -0.4 is 4.74 Å². The zero-order chi connectivity index (χ0) is 20.7. The van der Waals surface area contributed by atoms with Crippen molar-refractivity contribution in [1.82, 2.24) is 15.1 Å². The molecule has 2 aromatic heterocycles. The average Bonchev–Trinajstić information content (AvgIpc) is 3.39. The van der Waals surface area contributed by atoms with Crippen molar-refractivity contribution in [1.29, 1.82) is 0 Å². The van der Waals surface area contributed by atoms with Gasteiger partial charge in [0.1, 0.15) is 11.5 Å². The van der Waals surface area contributed by atoms with Crippen LogP contribution in [0.25, 0.3) is 44.7 Å². The zero-order valence-electron chi connectivity index (χ0n) is 16.5. The van der Waals surface area contributed by atoms with Crippen molar-refractivity contribution in [3.63, 3.8) is 0 Å². The molecular formula is C24H19N3O3. The van der Waals surface area contributed by atoms with Gasteiger partial charge in [-0.15, -0.1) is 0 Å². The first-order chi connectivity index (χ1) is 14.6. The summed E-state index contributed by atoms with van der Waals surface area (Å²) in [6, 6.07) is 21.4. The molecule has 6 heteroatoms. The van der Waals surface area contributed by atoms with E-state index in [4.69, 9.17) is 9.26 Å². The molecule has 5 aromatic rings. The second-order valence-corrected chi connectivity index (χ2v) is 7.08. The summed E-state index contributed by atoms with van der Waals surface area (Å²) in [5.74, 6) is 2.11. The molecule has 0 saturated carbocycles. The van der Waals surface area contributed by atoms with Gasteiger partial charge in [0.05, 0.1) is 12.8 Å². The number of aryl methyl sites for hydroxylation is 1. The molecule has 2 N–H and O–H groups in total. The van der Waals surface area contributed by atoms with Gasteiger partial charge in [0.25, 0.3) is 0 Å². The molecule has 0 aliphatic rings. The van der Waals surface area contributed by atoms with Gasteiger partial charge in [0, 0.05) is 29.0 Å². The van der Waals surface area contributed by atoms with Gasteiger partial charge in [-0.25, -0.2) is 0 Å².